The van der Waals surface area contributed by atoms with Gasteiger partial charge in [-0.15, -0.1) is 0 Å². The Hall–Kier alpha value is -6.80. The van der Waals surface area contributed by atoms with Gasteiger partial charge in [-0.05, 0) is 93.7 Å². The zero-order chi connectivity index (χ0) is 46.6. The minimum atomic E-state index is 0.367. The van der Waals surface area contributed by atoms with Gasteiger partial charge in [0, 0.05) is 64.9 Å². The largest absolute Gasteiger partial charge is 0.497 e. The van der Waals surface area contributed by atoms with E-state index < -0.39 is 0 Å². The van der Waals surface area contributed by atoms with Crippen molar-refractivity contribution in [2.45, 2.75) is 77.7 Å². The van der Waals surface area contributed by atoms with Crippen LogP contribution in [0.4, 0.5) is 23.5 Å². The third-order valence-electron chi connectivity index (χ3n) is 11.6. The molecule has 2 saturated heterocycles. The molecule has 0 aliphatic carbocycles. The summed E-state index contributed by atoms with van der Waals surface area (Å²) < 4.78 is 16.3. The molecular formula is C53H68N12O2. The van der Waals surface area contributed by atoms with Crippen molar-refractivity contribution in [2.24, 2.45) is 14.1 Å². The van der Waals surface area contributed by atoms with E-state index in [1.54, 1.807) is 11.8 Å². The third-order valence-corrected chi connectivity index (χ3v) is 11.6. The van der Waals surface area contributed by atoms with Crippen LogP contribution in [-0.4, -0.2) is 90.8 Å². The number of aryl methyl sites for hydroxylation is 6. The maximum Gasteiger partial charge on any atom is 0.225 e. The van der Waals surface area contributed by atoms with Crippen LogP contribution in [-0.2, 0) is 50.9 Å². The molecule has 0 spiro atoms. The molecule has 2 aliphatic heterocycles. The summed E-state index contributed by atoms with van der Waals surface area (Å²) in [6, 6.07) is 39.6. The lowest BCUT2D eigenvalue weighted by atomic mass is 10.1. The SMILES string of the molecule is CC(C)n1nc(CCCc2ccccc2)nc1N1CCCC1.COc1cccc(Nc2nc(/C=C/Cc3ccccc3)nn2C)c1.Cn1nc(CCCc2ccccc2)nc1N1CCOCC1. The van der Waals surface area contributed by atoms with E-state index in [4.69, 9.17) is 19.6 Å². The number of nitrogens with zero attached hydrogens (tertiary/aromatic N) is 11. The molecule has 0 atom stereocenters. The molecular weight excluding hydrogens is 837 g/mol. The van der Waals surface area contributed by atoms with Crippen LogP contribution in [0.5, 0.6) is 5.75 Å². The number of hydrogen-bond acceptors (Lipinski definition) is 11. The molecule has 7 aromatic rings. The van der Waals surface area contributed by atoms with Crippen LogP contribution in [0, 0.1) is 0 Å². The Labute approximate surface area is 396 Å². The van der Waals surface area contributed by atoms with Crippen molar-refractivity contribution < 1.29 is 9.47 Å². The highest BCUT2D eigenvalue weighted by molar-refractivity contribution is 5.57. The molecule has 14 nitrogen and oxygen atoms in total. The van der Waals surface area contributed by atoms with Crippen LogP contribution >= 0.6 is 0 Å². The number of ether oxygens (including phenoxy) is 2. The van der Waals surface area contributed by atoms with E-state index in [-0.39, 0.29) is 0 Å². The molecule has 67 heavy (non-hydrogen) atoms. The summed E-state index contributed by atoms with van der Waals surface area (Å²) in [5, 5.41) is 16.9. The molecule has 0 bridgehead atoms. The Balaban J connectivity index is 0.000000149. The summed E-state index contributed by atoms with van der Waals surface area (Å²) in [7, 11) is 5.49. The number of rotatable bonds is 17. The van der Waals surface area contributed by atoms with Gasteiger partial charge in [0.1, 0.15) is 5.75 Å². The second kappa shape index (κ2) is 25.2. The first-order chi connectivity index (χ1) is 32.8. The molecule has 0 radical (unpaired) electrons. The standard InChI is InChI=1S/C19H20N4O.C18H26N4.C16H22N4O/c1-23-19(20-16-11-7-12-17(14-16)24-2)21-18(22-23)13-6-10-15-8-4-3-5-9-15;1-15(2)22-18(21-13-6-7-14-21)19-17(20-22)12-8-11-16-9-4-3-5-10-16;1-19-16(20-10-12-21-13-11-20)17-15(18-19)9-5-8-14-6-3-2-4-7-14/h3-9,11-14H,10H2,1-2H3,(H,20,21,22);3-5,9-10,15H,6-8,11-14H2,1-2H3;2-4,6-7H,5,8-13H2,1H3/b13-6+;;. The van der Waals surface area contributed by atoms with Crippen molar-refractivity contribution in [3.8, 4) is 5.75 Å². The predicted octanol–water partition coefficient (Wildman–Crippen LogP) is 9.28. The third kappa shape index (κ3) is 14.9. The number of morpholine rings is 1. The van der Waals surface area contributed by atoms with Crippen LogP contribution in [0.1, 0.15) is 79.7 Å². The van der Waals surface area contributed by atoms with Gasteiger partial charge in [-0.1, -0.05) is 103 Å². The molecule has 2 fully saturated rings. The van der Waals surface area contributed by atoms with E-state index in [0.717, 1.165) is 119 Å². The zero-order valence-corrected chi connectivity index (χ0v) is 40.0. The van der Waals surface area contributed by atoms with Gasteiger partial charge in [-0.25, -0.2) is 14.0 Å². The van der Waals surface area contributed by atoms with Crippen LogP contribution in [0.2, 0.25) is 0 Å². The van der Waals surface area contributed by atoms with E-state index in [9.17, 15) is 0 Å². The molecule has 2 aliphatic rings. The minimum Gasteiger partial charge on any atom is -0.497 e. The normalized spacial score (nSPS) is 13.6. The number of anilines is 4. The Morgan fingerprint density at radius 3 is 1.82 bits per heavy atom. The van der Waals surface area contributed by atoms with Gasteiger partial charge in [-0.3, -0.25) is 0 Å². The number of hydrogen-bond donors (Lipinski definition) is 1. The average molecular weight is 905 g/mol. The van der Waals surface area contributed by atoms with Gasteiger partial charge in [0.15, 0.2) is 17.5 Å². The van der Waals surface area contributed by atoms with Crippen molar-refractivity contribution >= 4 is 29.6 Å². The highest BCUT2D eigenvalue weighted by Crippen LogP contribution is 2.23. The molecule has 5 heterocycles. The first kappa shape index (κ1) is 48.1. The van der Waals surface area contributed by atoms with E-state index in [1.165, 1.54) is 29.5 Å². The monoisotopic (exact) mass is 905 g/mol. The zero-order valence-electron chi connectivity index (χ0n) is 40.0. The van der Waals surface area contributed by atoms with Crippen LogP contribution < -0.4 is 19.9 Å². The molecule has 0 saturated carbocycles. The maximum absolute atomic E-state index is 5.38. The lowest BCUT2D eigenvalue weighted by molar-refractivity contribution is 0.121. The molecule has 4 aromatic carbocycles. The van der Waals surface area contributed by atoms with Gasteiger partial charge >= 0.3 is 0 Å². The molecule has 0 amide bonds. The lowest BCUT2D eigenvalue weighted by Gasteiger charge is -2.26. The van der Waals surface area contributed by atoms with Crippen LogP contribution in [0.15, 0.2) is 121 Å². The van der Waals surface area contributed by atoms with Gasteiger partial charge in [0.05, 0.1) is 26.4 Å². The molecule has 352 valence electrons. The second-order valence-corrected chi connectivity index (χ2v) is 17.2. The summed E-state index contributed by atoms with van der Waals surface area (Å²) >= 11 is 0. The summed E-state index contributed by atoms with van der Waals surface area (Å²) in [4.78, 5) is 18.6. The smallest absolute Gasteiger partial charge is 0.225 e. The molecule has 14 heteroatoms. The first-order valence-corrected chi connectivity index (χ1v) is 23.8. The van der Waals surface area contributed by atoms with Crippen molar-refractivity contribution in [3.05, 3.63) is 156 Å². The van der Waals surface area contributed by atoms with Gasteiger partial charge in [-0.2, -0.15) is 30.2 Å². The fraction of sp³-hybridized carbons (Fsp3) is 0.396. The number of nitrogens with one attached hydrogen (secondary N) is 1. The van der Waals surface area contributed by atoms with Crippen LogP contribution in [0.25, 0.3) is 6.08 Å². The summed E-state index contributed by atoms with van der Waals surface area (Å²) in [6.45, 7) is 9.95. The average Bonchev–Trinajstić information content (AvgIpc) is 4.19. The van der Waals surface area contributed by atoms with E-state index in [2.05, 4.69) is 133 Å². The van der Waals surface area contributed by atoms with E-state index in [1.807, 2.05) is 67.3 Å². The number of allylic oxidation sites excluding steroid dienone is 1. The Bertz CT molecular complexity index is 2520. The van der Waals surface area contributed by atoms with Crippen molar-refractivity contribution in [2.75, 3.05) is 61.6 Å². The molecule has 1 N–H and O–H groups in total. The fourth-order valence-corrected chi connectivity index (χ4v) is 8.03. The van der Waals surface area contributed by atoms with Gasteiger partial charge < -0.3 is 24.6 Å². The highest BCUT2D eigenvalue weighted by atomic mass is 16.5. The number of benzene rings is 4. The quantitative estimate of drug-likeness (QED) is 0.0939. The van der Waals surface area contributed by atoms with Crippen LogP contribution in [0.3, 0.4) is 0 Å². The number of methoxy groups -OCH3 is 1. The molecule has 3 aromatic heterocycles. The number of aromatic nitrogens is 9. The van der Waals surface area contributed by atoms with Crippen molar-refractivity contribution in [3.63, 3.8) is 0 Å². The minimum absolute atomic E-state index is 0.367. The van der Waals surface area contributed by atoms with Gasteiger partial charge in [0.2, 0.25) is 17.8 Å². The Morgan fingerprint density at radius 2 is 1.21 bits per heavy atom. The van der Waals surface area contributed by atoms with Crippen molar-refractivity contribution in [1.29, 1.82) is 0 Å². The second-order valence-electron chi connectivity index (χ2n) is 17.2. The summed E-state index contributed by atoms with van der Waals surface area (Å²) in [5.74, 6) is 6.13. The molecule has 9 rings (SSSR count). The first-order valence-electron chi connectivity index (χ1n) is 23.8. The van der Waals surface area contributed by atoms with E-state index >= 15 is 0 Å². The fourth-order valence-electron chi connectivity index (χ4n) is 8.03. The highest BCUT2D eigenvalue weighted by Gasteiger charge is 2.21. The summed E-state index contributed by atoms with van der Waals surface area (Å²) in [5.41, 5.74) is 4.94. The topological polar surface area (TPSA) is 129 Å². The Kier molecular flexibility index (Phi) is 18.1. The maximum atomic E-state index is 5.38. The predicted molar refractivity (Wildman–Crippen MR) is 269 cm³/mol. The lowest BCUT2D eigenvalue weighted by Crippen LogP contribution is -2.37. The molecule has 0 unspecified atom stereocenters. The summed E-state index contributed by atoms with van der Waals surface area (Å²) in [6.07, 6.45) is 13.6. The van der Waals surface area contributed by atoms with Gasteiger partial charge in [0.25, 0.3) is 0 Å². The Morgan fingerprint density at radius 1 is 0.627 bits per heavy atom. The van der Waals surface area contributed by atoms with E-state index in [0.29, 0.717) is 17.8 Å². The van der Waals surface area contributed by atoms with Crippen molar-refractivity contribution in [1.82, 2.24) is 44.3 Å².